The van der Waals surface area contributed by atoms with Crippen LogP contribution in [-0.4, -0.2) is 72.6 Å². The van der Waals surface area contributed by atoms with E-state index in [-0.39, 0.29) is 79.7 Å². The first-order valence-corrected chi connectivity index (χ1v) is 25.4. The fourth-order valence-electron chi connectivity index (χ4n) is 10.9. The van der Waals surface area contributed by atoms with Gasteiger partial charge in [-0.15, -0.1) is 10.2 Å². The Balaban J connectivity index is 0.705. The van der Waals surface area contributed by atoms with Crippen molar-refractivity contribution in [1.82, 2.24) is 25.4 Å². The molecule has 8 aromatic carbocycles. The van der Waals surface area contributed by atoms with Gasteiger partial charge < -0.3 is 13.8 Å². The van der Waals surface area contributed by atoms with Gasteiger partial charge in [-0.1, -0.05) is 94.1 Å². The van der Waals surface area contributed by atoms with Crippen LogP contribution in [0.5, 0.6) is 0 Å². The molecule has 0 fully saturated rings. The highest BCUT2D eigenvalue weighted by Crippen LogP contribution is 2.43. The predicted molar refractivity (Wildman–Crippen MR) is 294 cm³/mol. The van der Waals surface area contributed by atoms with Crippen LogP contribution in [-0.2, 0) is 0 Å². The molecule has 0 bridgehead atoms. The van der Waals surface area contributed by atoms with Gasteiger partial charge in [0, 0.05) is 21.8 Å². The summed E-state index contributed by atoms with van der Waals surface area (Å²) in [5.41, 5.74) is 4.51. The van der Waals surface area contributed by atoms with E-state index in [2.05, 4.69) is 25.4 Å². The molecule has 4 aliphatic rings. The van der Waals surface area contributed by atoms with Crippen molar-refractivity contribution in [3.8, 4) is 45.2 Å². The lowest BCUT2D eigenvalue weighted by atomic mass is 9.94. The average molecular weight is 1100 g/mol. The van der Waals surface area contributed by atoms with Crippen molar-refractivity contribution in [2.24, 2.45) is 0 Å². The van der Waals surface area contributed by atoms with Crippen molar-refractivity contribution >= 4 is 116 Å². The summed E-state index contributed by atoms with van der Waals surface area (Å²) in [4.78, 5) is 120. The van der Waals surface area contributed by atoms with E-state index < -0.39 is 47.3 Å². The number of carbonyl (C=O) groups excluding carboxylic acids is 8. The highest BCUT2D eigenvalue weighted by Gasteiger charge is 2.45. The smallest absolute Gasteiger partial charge is 0.332 e. The molecule has 386 valence electrons. The molecular formula is C60H27Cl2N9O10. The van der Waals surface area contributed by atoms with Crippen LogP contribution in [0.15, 0.2) is 167 Å². The number of aromatic nitrogens is 5. The molecule has 0 saturated carbocycles. The molecule has 0 aliphatic carbocycles. The van der Waals surface area contributed by atoms with E-state index in [0.29, 0.717) is 65.2 Å². The molecule has 21 heteroatoms. The molecule has 7 heterocycles. The maximum Gasteiger partial charge on any atom is 0.332 e. The summed E-state index contributed by atoms with van der Waals surface area (Å²) in [5, 5.41) is 17.8. The van der Waals surface area contributed by atoms with Gasteiger partial charge in [0.15, 0.2) is 0 Å². The van der Waals surface area contributed by atoms with E-state index in [9.17, 15) is 38.4 Å². The minimum atomic E-state index is -0.734. The molecule has 4 aliphatic heterocycles. The number of fused-ring (bicyclic) bond motifs is 7. The molecule has 19 nitrogen and oxygen atoms in total. The number of hydrogen-bond donors (Lipinski definition) is 1. The minimum Gasteiger partial charge on any atom is -0.403 e. The summed E-state index contributed by atoms with van der Waals surface area (Å²) in [7, 11) is 0. The van der Waals surface area contributed by atoms with Crippen LogP contribution < -0.4 is 19.6 Å². The van der Waals surface area contributed by atoms with E-state index >= 15 is 0 Å². The standard InChI is InChI=1S/C60H27Cl2N9O10/c61-43-13-3-1-7-35(43)49-64-66-59(80-49)70-53(74)37-11-5-9-31(47(37)57(70)78)27-15-19-33-41(23-27)55(76)68(51(33)72)29-17-21-45-39(25-29)40-26-30(18-22-46(40)63-45)69-52(73)34-20-16-28(24-42(34)56(69)77)32-10-6-12-38-48(32)58(79)71(54(38)75)60-67-65-50(81-60)36-8-2-4-14-44(36)62/h1-26,63H. The highest BCUT2D eigenvalue weighted by molar-refractivity contribution is 6.39. The van der Waals surface area contributed by atoms with Gasteiger partial charge in [-0.2, -0.15) is 9.80 Å². The minimum absolute atomic E-state index is 0.00245. The fourth-order valence-corrected chi connectivity index (χ4v) is 11.4. The number of rotatable bonds is 8. The Hall–Kier alpha value is -11.0. The monoisotopic (exact) mass is 1100 g/mol. The molecular weight excluding hydrogens is 1080 g/mol. The molecule has 0 unspecified atom stereocenters. The Morgan fingerprint density at radius 3 is 1.15 bits per heavy atom. The zero-order valence-electron chi connectivity index (χ0n) is 40.9. The zero-order valence-corrected chi connectivity index (χ0v) is 42.4. The average Bonchev–Trinajstić information content (AvgIpc) is 4.44. The molecule has 0 spiro atoms. The van der Waals surface area contributed by atoms with Crippen LogP contribution in [0, 0.1) is 0 Å². The molecule has 0 radical (unpaired) electrons. The summed E-state index contributed by atoms with van der Waals surface area (Å²) in [6, 6.07) is 41.4. The van der Waals surface area contributed by atoms with Gasteiger partial charge in [0.2, 0.25) is 0 Å². The topological polar surface area (TPSA) is 243 Å². The normalized spacial score (nSPS) is 14.6. The van der Waals surface area contributed by atoms with Crippen LogP contribution in [0.4, 0.5) is 23.4 Å². The van der Waals surface area contributed by atoms with Crippen molar-refractivity contribution in [1.29, 1.82) is 0 Å². The number of nitrogens with zero attached hydrogens (tertiary/aromatic N) is 8. The molecule has 11 aromatic rings. The van der Waals surface area contributed by atoms with Crippen molar-refractivity contribution in [3.05, 3.63) is 212 Å². The van der Waals surface area contributed by atoms with E-state index in [4.69, 9.17) is 32.0 Å². The number of halogens is 2. The summed E-state index contributed by atoms with van der Waals surface area (Å²) in [6.45, 7) is 0. The van der Waals surface area contributed by atoms with Gasteiger partial charge in [-0.05, 0) is 119 Å². The number of carbonyl (C=O) groups is 8. The van der Waals surface area contributed by atoms with Gasteiger partial charge >= 0.3 is 12.0 Å². The van der Waals surface area contributed by atoms with Gasteiger partial charge in [0.05, 0.1) is 77.1 Å². The molecule has 81 heavy (non-hydrogen) atoms. The summed E-state index contributed by atoms with van der Waals surface area (Å²) < 4.78 is 11.6. The molecule has 8 amide bonds. The van der Waals surface area contributed by atoms with E-state index in [1.54, 1.807) is 121 Å². The van der Waals surface area contributed by atoms with Gasteiger partial charge in [-0.25, -0.2) is 9.80 Å². The van der Waals surface area contributed by atoms with Crippen molar-refractivity contribution < 1.29 is 47.2 Å². The lowest BCUT2D eigenvalue weighted by Gasteiger charge is -2.15. The zero-order chi connectivity index (χ0) is 55.3. The molecule has 3 aromatic heterocycles. The lowest BCUT2D eigenvalue weighted by molar-refractivity contribution is 0.0902. The van der Waals surface area contributed by atoms with Crippen molar-refractivity contribution in [3.63, 3.8) is 0 Å². The number of amides is 8. The van der Waals surface area contributed by atoms with Crippen LogP contribution in [0.2, 0.25) is 10.0 Å². The van der Waals surface area contributed by atoms with E-state index in [1.807, 2.05) is 0 Å². The number of nitrogens with one attached hydrogen (secondary N) is 1. The van der Waals surface area contributed by atoms with Gasteiger partial charge in [0.25, 0.3) is 59.0 Å². The Kier molecular flexibility index (Phi) is 10.0. The first-order valence-electron chi connectivity index (χ1n) is 24.7. The van der Waals surface area contributed by atoms with Crippen LogP contribution in [0.1, 0.15) is 82.9 Å². The van der Waals surface area contributed by atoms with Gasteiger partial charge in [0.1, 0.15) is 0 Å². The second-order valence-electron chi connectivity index (χ2n) is 19.1. The number of aromatic amines is 1. The number of H-pyrrole nitrogens is 1. The number of imide groups is 4. The third kappa shape index (κ3) is 6.82. The maximum absolute atomic E-state index is 14.4. The maximum atomic E-state index is 14.4. The summed E-state index contributed by atoms with van der Waals surface area (Å²) >= 11 is 12.7. The third-order valence-electron chi connectivity index (χ3n) is 14.7. The molecule has 0 atom stereocenters. The SMILES string of the molecule is O=C1c2ccc(-c3cccc4c3C(=O)N(c3nnc(-c5ccccc5Cl)o3)C4=O)cc2C(=O)N1c1ccc2[nH]c3ccc(N4C(=O)c5ccc(-c6cccc7c6C(=O)N(c6nnc(-c8ccccc8Cl)o6)C7=O)cc5C4=O)cc3c2c1. The Labute approximate surface area is 463 Å². The van der Waals surface area contributed by atoms with Crippen LogP contribution in [0.3, 0.4) is 0 Å². The molecule has 15 rings (SSSR count). The molecule has 1 N–H and O–H groups in total. The number of anilines is 4. The van der Waals surface area contributed by atoms with E-state index in [0.717, 1.165) is 19.6 Å². The summed E-state index contributed by atoms with van der Waals surface area (Å²) in [5.74, 6) is -5.34. The fraction of sp³-hybridized carbons (Fsp3) is 0. The lowest BCUT2D eigenvalue weighted by Crippen LogP contribution is -2.29. The quantitative estimate of drug-likeness (QED) is 0.139. The second-order valence-corrected chi connectivity index (χ2v) is 19.9. The largest absolute Gasteiger partial charge is 0.403 e. The third-order valence-corrected chi connectivity index (χ3v) is 15.4. The van der Waals surface area contributed by atoms with E-state index in [1.165, 1.54) is 36.4 Å². The van der Waals surface area contributed by atoms with Gasteiger partial charge in [-0.3, -0.25) is 38.4 Å². The Morgan fingerprint density at radius 2 is 0.716 bits per heavy atom. The Bertz CT molecular complexity index is 4510. The van der Waals surface area contributed by atoms with Crippen molar-refractivity contribution in [2.75, 3.05) is 19.6 Å². The Morgan fingerprint density at radius 1 is 0.333 bits per heavy atom. The summed E-state index contributed by atoms with van der Waals surface area (Å²) in [6.07, 6.45) is 0. The molecule has 0 saturated heterocycles. The van der Waals surface area contributed by atoms with Crippen LogP contribution in [0.25, 0.3) is 67.0 Å². The predicted octanol–water partition coefficient (Wildman–Crippen LogP) is 11.3. The highest BCUT2D eigenvalue weighted by atomic mass is 35.5. The number of benzene rings is 8. The second kappa shape index (κ2) is 17.2. The number of hydrogen-bond acceptors (Lipinski definition) is 14. The first kappa shape index (κ1) is 47.2. The first-order chi connectivity index (χ1) is 39.3. The van der Waals surface area contributed by atoms with Crippen LogP contribution >= 0.6 is 23.2 Å². The van der Waals surface area contributed by atoms with Crippen molar-refractivity contribution in [2.45, 2.75) is 0 Å².